The Labute approximate surface area is 116 Å². The van der Waals surface area contributed by atoms with Crippen LogP contribution in [0.1, 0.15) is 5.69 Å². The van der Waals surface area contributed by atoms with E-state index in [0.29, 0.717) is 6.54 Å². The number of benzene rings is 1. The molecule has 3 aromatic rings. The Morgan fingerprint density at radius 3 is 2.79 bits per heavy atom. The number of nitrogens with zero attached hydrogens (tertiary/aromatic N) is 2. The van der Waals surface area contributed by atoms with E-state index in [1.54, 1.807) is 6.20 Å². The maximum absolute atomic E-state index is 11.2. The molecule has 0 amide bonds. The summed E-state index contributed by atoms with van der Waals surface area (Å²) >= 11 is 3.47. The van der Waals surface area contributed by atoms with Gasteiger partial charge in [-0.25, -0.2) is 14.8 Å². The van der Waals surface area contributed by atoms with Crippen LogP contribution in [0.4, 0.5) is 5.69 Å². The molecule has 0 spiro atoms. The average Bonchev–Trinajstić information content (AvgIpc) is 2.76. The lowest BCUT2D eigenvalue weighted by Crippen LogP contribution is -2.02. The number of imidazole rings is 1. The Balaban J connectivity index is 1.88. The minimum atomic E-state index is -0.213. The summed E-state index contributed by atoms with van der Waals surface area (Å²) in [5, 5.41) is 3.26. The van der Waals surface area contributed by atoms with Gasteiger partial charge in [0.15, 0.2) is 0 Å². The van der Waals surface area contributed by atoms with Crippen LogP contribution in [0, 0.1) is 0 Å². The molecule has 1 aromatic carbocycles. The van der Waals surface area contributed by atoms with Crippen molar-refractivity contribution in [1.82, 2.24) is 19.9 Å². The van der Waals surface area contributed by atoms with Crippen molar-refractivity contribution in [3.63, 3.8) is 0 Å². The summed E-state index contributed by atoms with van der Waals surface area (Å²) in [7, 11) is 0. The topological polar surface area (TPSA) is 86.5 Å². The number of anilines is 1. The molecule has 7 heteroatoms. The second-order valence-electron chi connectivity index (χ2n) is 4.01. The third kappa shape index (κ3) is 2.50. The number of H-pyrrole nitrogens is 2. The summed E-state index contributed by atoms with van der Waals surface area (Å²) in [6.45, 7) is 0.585. The van der Waals surface area contributed by atoms with Crippen molar-refractivity contribution >= 4 is 32.7 Å². The van der Waals surface area contributed by atoms with Gasteiger partial charge in [-0.1, -0.05) is 0 Å². The van der Waals surface area contributed by atoms with E-state index in [2.05, 4.69) is 41.2 Å². The molecule has 0 bridgehead atoms. The van der Waals surface area contributed by atoms with Gasteiger partial charge in [-0.3, -0.25) is 0 Å². The highest BCUT2D eigenvalue weighted by Gasteiger charge is 2.05. The van der Waals surface area contributed by atoms with Crippen LogP contribution >= 0.6 is 15.9 Å². The first kappa shape index (κ1) is 11.9. The van der Waals surface area contributed by atoms with Crippen LogP contribution in [0.25, 0.3) is 11.0 Å². The Bertz CT molecular complexity index is 765. The van der Waals surface area contributed by atoms with Gasteiger partial charge in [0.2, 0.25) is 0 Å². The van der Waals surface area contributed by atoms with Crippen molar-refractivity contribution in [2.24, 2.45) is 0 Å². The van der Waals surface area contributed by atoms with Crippen molar-refractivity contribution in [2.75, 3.05) is 5.32 Å². The Morgan fingerprint density at radius 2 is 2.05 bits per heavy atom. The average molecular weight is 320 g/mol. The van der Waals surface area contributed by atoms with Crippen molar-refractivity contribution in [2.45, 2.75) is 6.54 Å². The van der Waals surface area contributed by atoms with Gasteiger partial charge < -0.3 is 15.3 Å². The van der Waals surface area contributed by atoms with Crippen LogP contribution in [0.2, 0.25) is 0 Å². The van der Waals surface area contributed by atoms with E-state index in [1.165, 1.54) is 6.33 Å². The van der Waals surface area contributed by atoms with Gasteiger partial charge in [-0.15, -0.1) is 0 Å². The summed E-state index contributed by atoms with van der Waals surface area (Å²) in [4.78, 5) is 24.7. The SMILES string of the molecule is O=c1[nH]c2cc(Br)c(NCc3ccncn3)cc2[nH]1. The zero-order valence-corrected chi connectivity index (χ0v) is 11.4. The van der Waals surface area contributed by atoms with Gasteiger partial charge in [-0.05, 0) is 34.1 Å². The Hall–Kier alpha value is -2.15. The molecule has 96 valence electrons. The quantitative estimate of drug-likeness (QED) is 0.689. The van der Waals surface area contributed by atoms with E-state index in [1.807, 2.05) is 18.2 Å². The molecule has 0 atom stereocenters. The van der Waals surface area contributed by atoms with Gasteiger partial charge in [0.05, 0.1) is 29.0 Å². The molecule has 3 N–H and O–H groups in total. The zero-order chi connectivity index (χ0) is 13.2. The molecule has 3 rings (SSSR count). The van der Waals surface area contributed by atoms with Crippen LogP contribution in [0.3, 0.4) is 0 Å². The number of halogens is 1. The van der Waals surface area contributed by atoms with E-state index in [-0.39, 0.29) is 5.69 Å². The van der Waals surface area contributed by atoms with Crippen molar-refractivity contribution in [1.29, 1.82) is 0 Å². The number of aromatic amines is 2. The zero-order valence-electron chi connectivity index (χ0n) is 9.77. The van der Waals surface area contributed by atoms with Gasteiger partial charge in [0.1, 0.15) is 6.33 Å². The maximum Gasteiger partial charge on any atom is 0.323 e. The van der Waals surface area contributed by atoms with Gasteiger partial charge in [0, 0.05) is 10.7 Å². The van der Waals surface area contributed by atoms with E-state index in [4.69, 9.17) is 0 Å². The molecule has 19 heavy (non-hydrogen) atoms. The second kappa shape index (κ2) is 4.85. The first-order chi connectivity index (χ1) is 9.22. The second-order valence-corrected chi connectivity index (χ2v) is 4.87. The lowest BCUT2D eigenvalue weighted by Gasteiger charge is -2.08. The fourth-order valence-corrected chi connectivity index (χ4v) is 2.28. The Kier molecular flexibility index (Phi) is 3.04. The van der Waals surface area contributed by atoms with E-state index in [9.17, 15) is 4.79 Å². The number of hydrogen-bond acceptors (Lipinski definition) is 4. The fourth-order valence-electron chi connectivity index (χ4n) is 1.80. The van der Waals surface area contributed by atoms with Crippen LogP contribution < -0.4 is 11.0 Å². The first-order valence-corrected chi connectivity index (χ1v) is 6.42. The summed E-state index contributed by atoms with van der Waals surface area (Å²) in [5.41, 5.74) is 3.10. The minimum Gasteiger partial charge on any atom is -0.378 e. The highest BCUT2D eigenvalue weighted by Crippen LogP contribution is 2.26. The molecular weight excluding hydrogens is 310 g/mol. The molecule has 0 fully saturated rings. The summed E-state index contributed by atoms with van der Waals surface area (Å²) in [5.74, 6) is 0. The standard InChI is InChI=1S/C12H10BrN5O/c13-8-3-10-11(18-12(19)17-10)4-9(8)15-5-7-1-2-14-6-16-7/h1-4,6,15H,5H2,(H2,17,18,19). The van der Waals surface area contributed by atoms with Crippen LogP contribution in [0.5, 0.6) is 0 Å². The molecule has 0 unspecified atom stereocenters. The molecule has 6 nitrogen and oxygen atoms in total. The van der Waals surface area contributed by atoms with E-state index < -0.39 is 0 Å². The highest BCUT2D eigenvalue weighted by molar-refractivity contribution is 9.10. The smallest absolute Gasteiger partial charge is 0.323 e. The summed E-state index contributed by atoms with van der Waals surface area (Å²) in [6.07, 6.45) is 3.21. The summed E-state index contributed by atoms with van der Waals surface area (Å²) < 4.78 is 0.879. The molecule has 0 saturated heterocycles. The summed E-state index contributed by atoms with van der Waals surface area (Å²) in [6, 6.07) is 5.58. The van der Waals surface area contributed by atoms with Crippen molar-refractivity contribution < 1.29 is 0 Å². The molecule has 0 saturated carbocycles. The van der Waals surface area contributed by atoms with E-state index >= 15 is 0 Å². The van der Waals surface area contributed by atoms with Gasteiger partial charge in [-0.2, -0.15) is 0 Å². The predicted molar refractivity (Wildman–Crippen MR) is 76.0 cm³/mol. The number of nitrogens with one attached hydrogen (secondary N) is 3. The first-order valence-electron chi connectivity index (χ1n) is 5.63. The number of aromatic nitrogens is 4. The number of fused-ring (bicyclic) bond motifs is 1. The van der Waals surface area contributed by atoms with E-state index in [0.717, 1.165) is 26.9 Å². The fraction of sp³-hybridized carbons (Fsp3) is 0.0833. The lowest BCUT2D eigenvalue weighted by molar-refractivity contribution is 1.01. The maximum atomic E-state index is 11.2. The van der Waals surface area contributed by atoms with Crippen LogP contribution in [-0.2, 0) is 6.54 Å². The minimum absolute atomic E-state index is 0.213. The third-order valence-corrected chi connectivity index (χ3v) is 3.36. The van der Waals surface area contributed by atoms with Gasteiger partial charge in [0.25, 0.3) is 0 Å². The normalized spacial score (nSPS) is 10.8. The molecular formula is C12H10BrN5O. The molecule has 0 aliphatic rings. The molecule has 0 aliphatic heterocycles. The molecule has 2 heterocycles. The predicted octanol–water partition coefficient (Wildman–Crippen LogP) is 2.02. The lowest BCUT2D eigenvalue weighted by atomic mass is 10.2. The highest BCUT2D eigenvalue weighted by atomic mass is 79.9. The monoisotopic (exact) mass is 319 g/mol. The van der Waals surface area contributed by atoms with Crippen molar-refractivity contribution in [3.8, 4) is 0 Å². The third-order valence-electron chi connectivity index (χ3n) is 2.71. The largest absolute Gasteiger partial charge is 0.378 e. The number of hydrogen-bond donors (Lipinski definition) is 3. The number of rotatable bonds is 3. The van der Waals surface area contributed by atoms with Crippen LogP contribution in [0.15, 0.2) is 40.0 Å². The Morgan fingerprint density at radius 1 is 1.26 bits per heavy atom. The molecule has 2 aromatic heterocycles. The van der Waals surface area contributed by atoms with Gasteiger partial charge >= 0.3 is 5.69 Å². The molecule has 0 radical (unpaired) electrons. The van der Waals surface area contributed by atoms with Crippen molar-refractivity contribution in [3.05, 3.63) is 51.4 Å². The molecule has 0 aliphatic carbocycles. The van der Waals surface area contributed by atoms with Crippen LogP contribution in [-0.4, -0.2) is 19.9 Å².